The van der Waals surface area contributed by atoms with Gasteiger partial charge in [0.2, 0.25) is 0 Å². The lowest BCUT2D eigenvalue weighted by Gasteiger charge is -2.04. The summed E-state index contributed by atoms with van der Waals surface area (Å²) in [6.45, 7) is 4.12. The normalized spacial score (nSPS) is 12.7. The molecule has 0 amide bonds. The van der Waals surface area contributed by atoms with Crippen LogP contribution in [0.25, 0.3) is 0 Å². The van der Waals surface area contributed by atoms with Crippen LogP contribution in [0.2, 0.25) is 0 Å². The van der Waals surface area contributed by atoms with Crippen LogP contribution in [0.5, 0.6) is 0 Å². The van der Waals surface area contributed by atoms with Gasteiger partial charge in [-0.2, -0.15) is 0 Å². The summed E-state index contributed by atoms with van der Waals surface area (Å²) in [6, 6.07) is 4.17. The second kappa shape index (κ2) is 5.15. The van der Waals surface area contributed by atoms with Crippen LogP contribution in [0.4, 0.5) is 0 Å². The fraction of sp³-hybridized carbons (Fsp3) is 0.545. The van der Waals surface area contributed by atoms with Gasteiger partial charge in [0.25, 0.3) is 0 Å². The first-order valence-electron chi connectivity index (χ1n) is 4.94. The second-order valence-corrected chi connectivity index (χ2v) is 4.75. The molecule has 2 nitrogen and oxygen atoms in total. The molecule has 0 saturated carbocycles. The minimum Gasteiger partial charge on any atom is -0.481 e. The summed E-state index contributed by atoms with van der Waals surface area (Å²) in [4.78, 5) is 13.1. The quantitative estimate of drug-likeness (QED) is 0.813. The Hall–Kier alpha value is -0.830. The molecule has 1 aromatic rings. The highest BCUT2D eigenvalue weighted by Gasteiger charge is 2.11. The van der Waals surface area contributed by atoms with E-state index in [2.05, 4.69) is 19.1 Å². The van der Waals surface area contributed by atoms with Gasteiger partial charge in [-0.25, -0.2) is 0 Å². The van der Waals surface area contributed by atoms with E-state index in [9.17, 15) is 4.79 Å². The van der Waals surface area contributed by atoms with E-state index in [-0.39, 0.29) is 12.3 Å². The molecule has 0 saturated heterocycles. The molecule has 0 aromatic carbocycles. The Balaban J connectivity index is 2.61. The number of aryl methyl sites for hydroxylation is 1. The average Bonchev–Trinajstić information content (AvgIpc) is 2.52. The van der Waals surface area contributed by atoms with Crippen molar-refractivity contribution in [1.29, 1.82) is 0 Å². The second-order valence-electron chi connectivity index (χ2n) is 3.55. The Bertz CT molecular complexity index is 304. The molecule has 1 aromatic heterocycles. The van der Waals surface area contributed by atoms with Gasteiger partial charge in [0.05, 0.1) is 6.42 Å². The van der Waals surface area contributed by atoms with E-state index in [0.717, 1.165) is 12.8 Å². The highest BCUT2D eigenvalue weighted by atomic mass is 32.1. The fourth-order valence-electron chi connectivity index (χ4n) is 1.40. The summed E-state index contributed by atoms with van der Waals surface area (Å²) in [5.74, 6) is -0.578. The van der Waals surface area contributed by atoms with Crippen molar-refractivity contribution in [3.8, 4) is 0 Å². The van der Waals surface area contributed by atoms with Crippen LogP contribution in [0.3, 0.4) is 0 Å². The number of thiophene rings is 1. The Kier molecular flexibility index (Phi) is 4.14. The fourth-order valence-corrected chi connectivity index (χ4v) is 2.57. The summed E-state index contributed by atoms with van der Waals surface area (Å²) >= 11 is 1.74. The van der Waals surface area contributed by atoms with Crippen LogP contribution in [0.1, 0.15) is 42.4 Å². The van der Waals surface area contributed by atoms with Crippen molar-refractivity contribution in [2.75, 3.05) is 0 Å². The number of carboxylic acid groups (broad SMARTS) is 1. The number of carbonyl (C=O) groups is 1. The van der Waals surface area contributed by atoms with Crippen molar-refractivity contribution in [3.63, 3.8) is 0 Å². The van der Waals surface area contributed by atoms with Crippen LogP contribution in [-0.4, -0.2) is 11.1 Å². The van der Waals surface area contributed by atoms with Crippen molar-refractivity contribution >= 4 is 17.3 Å². The molecular weight excluding hydrogens is 196 g/mol. The lowest BCUT2D eigenvalue weighted by atomic mass is 10.1. The Morgan fingerprint density at radius 3 is 2.86 bits per heavy atom. The molecule has 1 N–H and O–H groups in total. The Morgan fingerprint density at radius 2 is 2.29 bits per heavy atom. The maximum Gasteiger partial charge on any atom is 0.303 e. The average molecular weight is 212 g/mol. The summed E-state index contributed by atoms with van der Waals surface area (Å²) in [6.07, 6.45) is 2.48. The molecule has 3 heteroatoms. The topological polar surface area (TPSA) is 37.3 Å². The van der Waals surface area contributed by atoms with Crippen molar-refractivity contribution in [2.45, 2.75) is 39.0 Å². The van der Waals surface area contributed by atoms with Crippen LogP contribution in [0.15, 0.2) is 12.1 Å². The zero-order valence-corrected chi connectivity index (χ0v) is 9.43. The van der Waals surface area contributed by atoms with E-state index >= 15 is 0 Å². The van der Waals surface area contributed by atoms with Gasteiger partial charge in [-0.05, 0) is 18.6 Å². The predicted molar refractivity (Wildman–Crippen MR) is 59.0 cm³/mol. The van der Waals surface area contributed by atoms with Gasteiger partial charge in [-0.3, -0.25) is 4.79 Å². The molecule has 0 aliphatic carbocycles. The molecule has 0 radical (unpaired) electrons. The minimum atomic E-state index is -0.719. The van der Waals surface area contributed by atoms with Gasteiger partial charge in [-0.1, -0.05) is 20.3 Å². The minimum absolute atomic E-state index is 0.142. The van der Waals surface area contributed by atoms with E-state index < -0.39 is 5.97 Å². The molecule has 14 heavy (non-hydrogen) atoms. The molecule has 1 rings (SSSR count). The first-order chi connectivity index (χ1) is 6.63. The van der Waals surface area contributed by atoms with Crippen LogP contribution in [0, 0.1) is 0 Å². The standard InChI is InChI=1S/C11H16O2S/c1-3-4-9-5-6-10(14-9)8(2)7-11(12)13/h5-6,8H,3-4,7H2,1-2H3,(H,12,13). The van der Waals surface area contributed by atoms with Gasteiger partial charge in [-0.15, -0.1) is 11.3 Å². The molecular formula is C11H16O2S. The molecule has 0 bridgehead atoms. The summed E-state index contributed by atoms with van der Waals surface area (Å²) < 4.78 is 0. The van der Waals surface area contributed by atoms with Crippen molar-refractivity contribution in [1.82, 2.24) is 0 Å². The van der Waals surface area contributed by atoms with Crippen LogP contribution < -0.4 is 0 Å². The summed E-state index contributed by atoms with van der Waals surface area (Å²) in [5, 5.41) is 8.66. The van der Waals surface area contributed by atoms with Crippen LogP contribution >= 0.6 is 11.3 Å². The first-order valence-corrected chi connectivity index (χ1v) is 5.75. The third-order valence-corrected chi connectivity index (χ3v) is 3.52. The maximum atomic E-state index is 10.5. The van der Waals surface area contributed by atoms with Gasteiger partial charge < -0.3 is 5.11 Å². The molecule has 1 heterocycles. The maximum absolute atomic E-state index is 10.5. The van der Waals surface area contributed by atoms with Crippen molar-refractivity contribution < 1.29 is 9.90 Å². The highest BCUT2D eigenvalue weighted by molar-refractivity contribution is 7.12. The number of rotatable bonds is 5. The summed E-state index contributed by atoms with van der Waals surface area (Å²) in [7, 11) is 0. The first kappa shape index (κ1) is 11.2. The van der Waals surface area contributed by atoms with E-state index in [1.165, 1.54) is 9.75 Å². The number of carboxylic acids is 1. The lowest BCUT2D eigenvalue weighted by molar-refractivity contribution is -0.137. The van der Waals surface area contributed by atoms with Gasteiger partial charge in [0, 0.05) is 15.7 Å². The highest BCUT2D eigenvalue weighted by Crippen LogP contribution is 2.27. The van der Waals surface area contributed by atoms with E-state index in [1.54, 1.807) is 11.3 Å². The molecule has 1 unspecified atom stereocenters. The Morgan fingerprint density at radius 1 is 1.57 bits per heavy atom. The number of aliphatic carboxylic acids is 1. The molecule has 78 valence electrons. The number of hydrogen-bond donors (Lipinski definition) is 1. The largest absolute Gasteiger partial charge is 0.481 e. The zero-order chi connectivity index (χ0) is 10.6. The van der Waals surface area contributed by atoms with Crippen LogP contribution in [-0.2, 0) is 11.2 Å². The van der Waals surface area contributed by atoms with E-state index in [1.807, 2.05) is 6.92 Å². The van der Waals surface area contributed by atoms with E-state index in [0.29, 0.717) is 0 Å². The predicted octanol–water partition coefficient (Wildman–Crippen LogP) is 3.28. The lowest BCUT2D eigenvalue weighted by Crippen LogP contribution is -2.00. The summed E-state index contributed by atoms with van der Waals surface area (Å²) in [5.41, 5.74) is 0. The van der Waals surface area contributed by atoms with Crippen molar-refractivity contribution in [3.05, 3.63) is 21.9 Å². The molecule has 0 spiro atoms. The van der Waals surface area contributed by atoms with Crippen molar-refractivity contribution in [2.24, 2.45) is 0 Å². The third kappa shape index (κ3) is 3.14. The molecule has 0 aliphatic rings. The van der Waals surface area contributed by atoms with Gasteiger partial charge in [0.15, 0.2) is 0 Å². The monoisotopic (exact) mass is 212 g/mol. The van der Waals surface area contributed by atoms with Gasteiger partial charge >= 0.3 is 5.97 Å². The SMILES string of the molecule is CCCc1ccc(C(C)CC(=O)O)s1. The van der Waals surface area contributed by atoms with Gasteiger partial charge in [0.1, 0.15) is 0 Å². The third-order valence-electron chi connectivity index (χ3n) is 2.15. The number of hydrogen-bond acceptors (Lipinski definition) is 2. The molecule has 0 aliphatic heterocycles. The smallest absolute Gasteiger partial charge is 0.303 e. The molecule has 0 fully saturated rings. The van der Waals surface area contributed by atoms with E-state index in [4.69, 9.17) is 5.11 Å². The molecule has 1 atom stereocenters. The zero-order valence-electron chi connectivity index (χ0n) is 8.62. The Labute approximate surface area is 88.6 Å².